The molecule has 0 amide bonds. The molecule has 0 unspecified atom stereocenters. The van der Waals surface area contributed by atoms with E-state index in [4.69, 9.17) is 9.47 Å². The molecule has 204 valence electrons. The minimum atomic E-state index is -5.71. The Kier molecular flexibility index (Phi) is 7.67. The molecule has 4 nitrogen and oxygen atoms in total. The van der Waals surface area contributed by atoms with Crippen LogP contribution in [0.1, 0.15) is 11.1 Å². The second-order valence-electron chi connectivity index (χ2n) is 8.55. The summed E-state index contributed by atoms with van der Waals surface area (Å²) in [6.07, 6.45) is -11.4. The van der Waals surface area contributed by atoms with Gasteiger partial charge in [-0.1, -0.05) is 24.3 Å². The zero-order valence-corrected chi connectivity index (χ0v) is 20.8. The van der Waals surface area contributed by atoms with E-state index >= 15 is 0 Å². The van der Waals surface area contributed by atoms with Gasteiger partial charge in [0, 0.05) is 25.5 Å². The molecule has 0 saturated heterocycles. The molecular formula is C29H24F6N2O2. The van der Waals surface area contributed by atoms with Crippen molar-refractivity contribution in [2.24, 2.45) is 0 Å². The Morgan fingerprint density at radius 2 is 0.692 bits per heavy atom. The molecule has 0 aliphatic rings. The second kappa shape index (κ2) is 10.8. The molecule has 4 aromatic carbocycles. The van der Waals surface area contributed by atoms with Gasteiger partial charge in [-0.3, -0.25) is 0 Å². The molecule has 0 spiro atoms. The van der Waals surface area contributed by atoms with Gasteiger partial charge in [-0.05, 0) is 83.9 Å². The predicted octanol–water partition coefficient (Wildman–Crippen LogP) is 8.77. The highest BCUT2D eigenvalue weighted by Gasteiger charge is 2.72. The lowest BCUT2D eigenvalue weighted by Gasteiger charge is -2.38. The van der Waals surface area contributed by atoms with Crippen LogP contribution in [0.3, 0.4) is 0 Å². The smallest absolute Gasteiger partial charge is 0.411 e. The average molecular weight is 547 g/mol. The lowest BCUT2D eigenvalue weighted by Crippen LogP contribution is -2.54. The summed E-state index contributed by atoms with van der Waals surface area (Å²) in [5.74, 6) is 0.913. The van der Waals surface area contributed by atoms with Crippen molar-refractivity contribution in [1.82, 2.24) is 0 Å². The maximum absolute atomic E-state index is 14.5. The van der Waals surface area contributed by atoms with Gasteiger partial charge in [-0.15, -0.1) is 0 Å². The molecule has 39 heavy (non-hydrogen) atoms. The topological polar surface area (TPSA) is 42.5 Å². The molecule has 0 aliphatic heterocycles. The first kappa shape index (κ1) is 27.7. The van der Waals surface area contributed by atoms with E-state index in [1.54, 1.807) is 62.6 Å². The monoisotopic (exact) mass is 546 g/mol. The SMILES string of the molecule is CNc1ccc(Oc2ccc(C(c3ccc(Oc4ccc(NC)cc4)cc3)(C(F)(F)F)C(F)(F)F)cc2)cc1. The zero-order chi connectivity index (χ0) is 28.3. The van der Waals surface area contributed by atoms with Crippen LogP contribution in [0.2, 0.25) is 0 Å². The number of nitrogens with one attached hydrogen (secondary N) is 2. The van der Waals surface area contributed by atoms with E-state index in [0.717, 1.165) is 59.9 Å². The normalized spacial score (nSPS) is 12.1. The van der Waals surface area contributed by atoms with Gasteiger partial charge in [0.05, 0.1) is 0 Å². The minimum Gasteiger partial charge on any atom is -0.457 e. The van der Waals surface area contributed by atoms with Crippen LogP contribution in [0, 0.1) is 0 Å². The maximum Gasteiger partial charge on any atom is 0.411 e. The lowest BCUT2D eigenvalue weighted by atomic mass is 9.73. The fourth-order valence-electron chi connectivity index (χ4n) is 4.18. The van der Waals surface area contributed by atoms with Crippen LogP contribution in [-0.4, -0.2) is 26.4 Å². The van der Waals surface area contributed by atoms with Gasteiger partial charge in [0.2, 0.25) is 5.41 Å². The first-order chi connectivity index (χ1) is 18.5. The lowest BCUT2D eigenvalue weighted by molar-refractivity contribution is -0.288. The van der Waals surface area contributed by atoms with Gasteiger partial charge in [0.1, 0.15) is 23.0 Å². The van der Waals surface area contributed by atoms with E-state index in [2.05, 4.69) is 10.6 Å². The van der Waals surface area contributed by atoms with Gasteiger partial charge < -0.3 is 20.1 Å². The molecule has 4 aromatic rings. The summed E-state index contributed by atoms with van der Waals surface area (Å²) in [6.45, 7) is 0. The van der Waals surface area contributed by atoms with Crippen molar-refractivity contribution in [3.8, 4) is 23.0 Å². The summed E-state index contributed by atoms with van der Waals surface area (Å²) < 4.78 is 98.1. The molecule has 0 saturated carbocycles. The Labute approximate surface area is 221 Å². The van der Waals surface area contributed by atoms with Crippen molar-refractivity contribution in [2.45, 2.75) is 17.8 Å². The van der Waals surface area contributed by atoms with Crippen LogP contribution in [0.15, 0.2) is 97.1 Å². The first-order valence-electron chi connectivity index (χ1n) is 11.7. The number of alkyl halides is 6. The minimum absolute atomic E-state index is 0.0854. The summed E-state index contributed by atoms with van der Waals surface area (Å²) in [5, 5.41) is 5.85. The van der Waals surface area contributed by atoms with E-state index < -0.39 is 28.9 Å². The van der Waals surface area contributed by atoms with Crippen LogP contribution in [0.25, 0.3) is 0 Å². The van der Waals surface area contributed by atoms with Crippen molar-refractivity contribution in [2.75, 3.05) is 24.7 Å². The number of anilines is 2. The highest BCUT2D eigenvalue weighted by Crippen LogP contribution is 2.56. The molecule has 0 atom stereocenters. The average Bonchev–Trinajstić information content (AvgIpc) is 2.90. The van der Waals surface area contributed by atoms with Crippen LogP contribution in [0.4, 0.5) is 37.7 Å². The Bertz CT molecular complexity index is 1260. The molecule has 10 heteroatoms. The highest BCUT2D eigenvalue weighted by atomic mass is 19.4. The summed E-state index contributed by atoms with van der Waals surface area (Å²) in [5.41, 5.74) is -4.64. The van der Waals surface area contributed by atoms with Gasteiger partial charge in [0.15, 0.2) is 0 Å². The van der Waals surface area contributed by atoms with Crippen LogP contribution in [0.5, 0.6) is 23.0 Å². The molecule has 0 aliphatic carbocycles. The summed E-state index contributed by atoms with van der Waals surface area (Å²) in [7, 11) is 3.46. The Hall–Kier alpha value is -4.34. The molecular weight excluding hydrogens is 522 g/mol. The van der Waals surface area contributed by atoms with E-state index in [0.29, 0.717) is 11.5 Å². The first-order valence-corrected chi connectivity index (χ1v) is 11.7. The Morgan fingerprint density at radius 1 is 0.436 bits per heavy atom. The van der Waals surface area contributed by atoms with E-state index in [1.165, 1.54) is 0 Å². The van der Waals surface area contributed by atoms with Gasteiger partial charge in [-0.2, -0.15) is 26.3 Å². The summed E-state index contributed by atoms with van der Waals surface area (Å²) >= 11 is 0. The molecule has 0 bridgehead atoms. The number of rotatable bonds is 8. The number of hydrogen-bond acceptors (Lipinski definition) is 4. The predicted molar refractivity (Wildman–Crippen MR) is 138 cm³/mol. The number of ether oxygens (including phenoxy) is 2. The standard InChI is InChI=1S/C29H24F6N2O2/c1-36-21-7-15-25(16-8-21)38-23-11-3-19(4-12-23)27(28(30,31)32,29(33,34)35)20-5-13-24(14-6-20)39-26-17-9-22(37-2)10-18-26/h3-18,36-37H,1-2H3. The summed E-state index contributed by atoms with van der Waals surface area (Å²) in [4.78, 5) is 0. The fraction of sp³-hybridized carbons (Fsp3) is 0.172. The molecule has 0 heterocycles. The quantitative estimate of drug-likeness (QED) is 0.217. The van der Waals surface area contributed by atoms with Crippen molar-refractivity contribution >= 4 is 11.4 Å². The molecule has 4 rings (SSSR count). The summed E-state index contributed by atoms with van der Waals surface area (Å²) in [6, 6.07) is 20.8. The van der Waals surface area contributed by atoms with Crippen molar-refractivity contribution in [3.05, 3.63) is 108 Å². The molecule has 0 aromatic heterocycles. The largest absolute Gasteiger partial charge is 0.457 e. The number of hydrogen-bond donors (Lipinski definition) is 2. The Balaban J connectivity index is 1.68. The van der Waals surface area contributed by atoms with Gasteiger partial charge in [-0.25, -0.2) is 0 Å². The maximum atomic E-state index is 14.5. The van der Waals surface area contributed by atoms with E-state index in [9.17, 15) is 26.3 Å². The van der Waals surface area contributed by atoms with Crippen LogP contribution in [-0.2, 0) is 5.41 Å². The third kappa shape index (κ3) is 5.59. The zero-order valence-electron chi connectivity index (χ0n) is 20.8. The van der Waals surface area contributed by atoms with Crippen LogP contribution >= 0.6 is 0 Å². The van der Waals surface area contributed by atoms with Crippen molar-refractivity contribution in [3.63, 3.8) is 0 Å². The number of halogens is 6. The molecule has 0 fully saturated rings. The van der Waals surface area contributed by atoms with Crippen molar-refractivity contribution in [1.29, 1.82) is 0 Å². The van der Waals surface area contributed by atoms with Gasteiger partial charge in [0.25, 0.3) is 0 Å². The Morgan fingerprint density at radius 3 is 0.923 bits per heavy atom. The van der Waals surface area contributed by atoms with Gasteiger partial charge >= 0.3 is 12.4 Å². The number of benzene rings is 4. The van der Waals surface area contributed by atoms with E-state index in [1.807, 2.05) is 0 Å². The molecule has 0 radical (unpaired) electrons. The van der Waals surface area contributed by atoms with E-state index in [-0.39, 0.29) is 11.5 Å². The third-order valence-electron chi connectivity index (χ3n) is 6.18. The third-order valence-corrected chi connectivity index (χ3v) is 6.18. The second-order valence-corrected chi connectivity index (χ2v) is 8.55. The van der Waals surface area contributed by atoms with Crippen molar-refractivity contribution < 1.29 is 35.8 Å². The van der Waals surface area contributed by atoms with Crippen LogP contribution < -0.4 is 20.1 Å². The fourth-order valence-corrected chi connectivity index (χ4v) is 4.18. The highest BCUT2D eigenvalue weighted by molar-refractivity contribution is 5.50. The molecule has 2 N–H and O–H groups in total.